The molecule has 0 unspecified atom stereocenters. The molecule has 1 heterocycles. The number of terminal acetylenes is 1. The lowest BCUT2D eigenvalue weighted by Crippen LogP contribution is -2.54. The first-order chi connectivity index (χ1) is 11.9. The van der Waals surface area contributed by atoms with Crippen molar-refractivity contribution >= 4 is 6.08 Å². The van der Waals surface area contributed by atoms with Crippen LogP contribution in [0.5, 0.6) is 0 Å². The van der Waals surface area contributed by atoms with Crippen LogP contribution in [-0.4, -0.2) is 15.9 Å². The molecule has 3 fully saturated rings. The molecule has 132 valence electrons. The van der Waals surface area contributed by atoms with Crippen molar-refractivity contribution in [1.29, 1.82) is 0 Å². The first-order valence-corrected chi connectivity index (χ1v) is 9.76. The monoisotopic (exact) mass is 337 g/mol. The number of rotatable bonds is 0. The van der Waals surface area contributed by atoms with Crippen molar-refractivity contribution in [2.24, 2.45) is 28.6 Å². The zero-order chi connectivity index (χ0) is 17.4. The fraction of sp³-hybridized carbons (Fsp3) is 0.682. The minimum absolute atomic E-state index is 0.114. The number of aromatic nitrogens is 1. The van der Waals surface area contributed by atoms with Gasteiger partial charge >= 0.3 is 0 Å². The summed E-state index contributed by atoms with van der Waals surface area (Å²) in [5.41, 5.74) is 1.99. The zero-order valence-electron chi connectivity index (χ0n) is 15.2. The highest BCUT2D eigenvalue weighted by molar-refractivity contribution is 5.57. The number of hydrogen-bond donors (Lipinski definition) is 1. The molecule has 6 atom stereocenters. The van der Waals surface area contributed by atoms with Gasteiger partial charge in [0.2, 0.25) is 0 Å². The van der Waals surface area contributed by atoms with Gasteiger partial charge in [0.15, 0.2) is 5.76 Å². The van der Waals surface area contributed by atoms with Crippen LogP contribution in [0.15, 0.2) is 16.3 Å². The predicted octanol–water partition coefficient (Wildman–Crippen LogP) is 4.22. The molecular weight excluding hydrogens is 310 g/mol. The lowest BCUT2D eigenvalue weighted by molar-refractivity contribution is -0.0975. The van der Waals surface area contributed by atoms with Gasteiger partial charge in [-0.15, -0.1) is 6.42 Å². The molecule has 5 rings (SSSR count). The van der Waals surface area contributed by atoms with Crippen molar-refractivity contribution in [3.8, 4) is 12.3 Å². The van der Waals surface area contributed by atoms with Crippen molar-refractivity contribution in [2.75, 3.05) is 0 Å². The van der Waals surface area contributed by atoms with Crippen molar-refractivity contribution in [3.63, 3.8) is 0 Å². The van der Waals surface area contributed by atoms with Gasteiger partial charge in [-0.1, -0.05) is 30.5 Å². The third-order valence-corrected chi connectivity index (χ3v) is 8.67. The summed E-state index contributed by atoms with van der Waals surface area (Å²) in [6.45, 7) is 4.71. The number of allylic oxidation sites excluding steroid dienone is 1. The van der Waals surface area contributed by atoms with E-state index in [1.807, 2.05) is 6.20 Å². The average molecular weight is 337 g/mol. The standard InChI is InChI=1S/C22H27NO2/c1-4-22(24)10-8-18-16-6-5-15-11-19-14(13-23-25-19)12-20(15,2)17(16)7-9-21(18,22)3/h1,11,13,16-18,24H,5-10,12H2,2-3H3/t16-,17+,18-,20+,21+,22-/m1/s1. The fourth-order valence-electron chi connectivity index (χ4n) is 7.14. The molecule has 0 bridgehead atoms. The van der Waals surface area contributed by atoms with Gasteiger partial charge in [-0.3, -0.25) is 0 Å². The van der Waals surface area contributed by atoms with Crippen LogP contribution >= 0.6 is 0 Å². The zero-order valence-corrected chi connectivity index (χ0v) is 15.2. The minimum Gasteiger partial charge on any atom is -0.377 e. The lowest BCUT2D eigenvalue weighted by atomic mass is 9.46. The Labute approximate surface area is 149 Å². The predicted molar refractivity (Wildman–Crippen MR) is 96.4 cm³/mol. The van der Waals surface area contributed by atoms with Gasteiger partial charge in [-0.2, -0.15) is 0 Å². The first kappa shape index (κ1) is 15.7. The van der Waals surface area contributed by atoms with Crippen molar-refractivity contribution in [3.05, 3.63) is 23.1 Å². The van der Waals surface area contributed by atoms with Crippen LogP contribution in [0.1, 0.15) is 63.7 Å². The summed E-state index contributed by atoms with van der Waals surface area (Å²) < 4.78 is 5.43. The summed E-state index contributed by atoms with van der Waals surface area (Å²) >= 11 is 0. The topological polar surface area (TPSA) is 46.3 Å². The minimum atomic E-state index is -0.909. The van der Waals surface area contributed by atoms with E-state index < -0.39 is 5.60 Å². The van der Waals surface area contributed by atoms with E-state index >= 15 is 0 Å². The van der Waals surface area contributed by atoms with Crippen LogP contribution in [0.4, 0.5) is 0 Å². The molecule has 0 aromatic carbocycles. The molecule has 0 amide bonds. The van der Waals surface area contributed by atoms with Gasteiger partial charge in [0.1, 0.15) is 5.60 Å². The second-order valence-corrected chi connectivity index (χ2v) is 9.39. The molecule has 3 saturated carbocycles. The van der Waals surface area contributed by atoms with E-state index in [4.69, 9.17) is 10.9 Å². The van der Waals surface area contributed by atoms with Crippen molar-refractivity contribution < 1.29 is 9.63 Å². The third kappa shape index (κ3) is 1.79. The van der Waals surface area contributed by atoms with Crippen LogP contribution in [0.3, 0.4) is 0 Å². The molecule has 1 N–H and O–H groups in total. The summed E-state index contributed by atoms with van der Waals surface area (Å²) in [5, 5.41) is 15.1. The Bertz CT molecular complexity index is 801. The van der Waals surface area contributed by atoms with E-state index in [1.165, 1.54) is 12.0 Å². The van der Waals surface area contributed by atoms with E-state index in [0.29, 0.717) is 17.8 Å². The highest BCUT2D eigenvalue weighted by atomic mass is 16.5. The number of hydrogen-bond acceptors (Lipinski definition) is 3. The highest BCUT2D eigenvalue weighted by Gasteiger charge is 2.63. The van der Waals surface area contributed by atoms with E-state index in [0.717, 1.165) is 44.3 Å². The number of aliphatic hydroxyl groups is 1. The Kier molecular flexibility index (Phi) is 3.01. The summed E-state index contributed by atoms with van der Waals surface area (Å²) in [7, 11) is 0. The molecular formula is C22H27NO2. The molecule has 0 saturated heterocycles. The quantitative estimate of drug-likeness (QED) is 0.721. The molecule has 0 radical (unpaired) electrons. The maximum Gasteiger partial charge on any atom is 0.162 e. The van der Waals surface area contributed by atoms with Crippen molar-refractivity contribution in [1.82, 2.24) is 5.16 Å². The fourth-order valence-corrected chi connectivity index (χ4v) is 7.14. The maximum absolute atomic E-state index is 11.1. The van der Waals surface area contributed by atoms with Crippen LogP contribution < -0.4 is 0 Å². The Morgan fingerprint density at radius 2 is 2.04 bits per heavy atom. The number of fused-ring (bicyclic) bond motifs is 6. The highest BCUT2D eigenvalue weighted by Crippen LogP contribution is 2.67. The van der Waals surface area contributed by atoms with Gasteiger partial charge < -0.3 is 9.63 Å². The van der Waals surface area contributed by atoms with E-state index in [1.54, 1.807) is 5.57 Å². The van der Waals surface area contributed by atoms with E-state index in [9.17, 15) is 5.11 Å². The van der Waals surface area contributed by atoms with Crippen molar-refractivity contribution in [2.45, 2.75) is 64.4 Å². The molecule has 3 heteroatoms. The van der Waals surface area contributed by atoms with Crippen LogP contribution in [0.2, 0.25) is 0 Å². The van der Waals surface area contributed by atoms with Gasteiger partial charge in [0, 0.05) is 11.0 Å². The lowest BCUT2D eigenvalue weighted by Gasteiger charge is -2.58. The molecule has 0 aliphatic heterocycles. The van der Waals surface area contributed by atoms with Gasteiger partial charge in [-0.05, 0) is 74.2 Å². The second kappa shape index (κ2) is 4.80. The first-order valence-electron chi connectivity index (χ1n) is 9.76. The summed E-state index contributed by atoms with van der Waals surface area (Å²) in [5.74, 6) is 5.64. The molecule has 4 aliphatic carbocycles. The molecule has 3 nitrogen and oxygen atoms in total. The van der Waals surface area contributed by atoms with Crippen LogP contribution in [0.25, 0.3) is 6.08 Å². The summed E-state index contributed by atoms with van der Waals surface area (Å²) in [4.78, 5) is 0. The van der Waals surface area contributed by atoms with E-state index in [-0.39, 0.29) is 10.8 Å². The van der Waals surface area contributed by atoms with Gasteiger partial charge in [0.25, 0.3) is 0 Å². The summed E-state index contributed by atoms with van der Waals surface area (Å²) in [6.07, 6.45) is 17.4. The molecule has 0 spiro atoms. The Morgan fingerprint density at radius 3 is 2.84 bits per heavy atom. The molecule has 1 aromatic rings. The van der Waals surface area contributed by atoms with E-state index in [2.05, 4.69) is 31.0 Å². The largest absolute Gasteiger partial charge is 0.377 e. The third-order valence-electron chi connectivity index (χ3n) is 8.67. The van der Waals surface area contributed by atoms with Gasteiger partial charge in [-0.25, -0.2) is 0 Å². The molecule has 1 aromatic heterocycles. The Balaban J connectivity index is 1.53. The maximum atomic E-state index is 11.1. The smallest absolute Gasteiger partial charge is 0.162 e. The molecule has 4 aliphatic rings. The average Bonchev–Trinajstić information content (AvgIpc) is 3.14. The normalized spacial score (nSPS) is 47.8. The Hall–Kier alpha value is -1.53. The Morgan fingerprint density at radius 1 is 1.24 bits per heavy atom. The summed E-state index contributed by atoms with van der Waals surface area (Å²) in [6, 6.07) is 0. The molecule has 25 heavy (non-hydrogen) atoms. The second-order valence-electron chi connectivity index (χ2n) is 9.39. The SMILES string of the molecule is C#C[C@@]1(O)CC[C@@H]2[C@@H]3CCC4=Cc5oncc5C[C@]4(C)[C@H]3CC[C@@]21C. The number of nitrogens with zero attached hydrogens (tertiary/aromatic N) is 1. The van der Waals surface area contributed by atoms with Crippen LogP contribution in [-0.2, 0) is 6.42 Å². The van der Waals surface area contributed by atoms with Crippen LogP contribution in [0, 0.1) is 40.9 Å². The van der Waals surface area contributed by atoms with Gasteiger partial charge in [0.05, 0.1) is 6.20 Å².